The van der Waals surface area contributed by atoms with Crippen LogP contribution in [0.3, 0.4) is 0 Å². The molecule has 2 atom stereocenters. The second-order valence-corrected chi connectivity index (χ2v) is 7.60. The first-order valence-electron chi connectivity index (χ1n) is 9.25. The van der Waals surface area contributed by atoms with Gasteiger partial charge in [0, 0.05) is 30.0 Å². The number of hydrogen-bond donors (Lipinski definition) is 1. The van der Waals surface area contributed by atoms with Crippen molar-refractivity contribution in [2.75, 3.05) is 26.3 Å². The number of amides is 1. The van der Waals surface area contributed by atoms with Gasteiger partial charge in [-0.3, -0.25) is 9.59 Å². The molecule has 0 bridgehead atoms. The summed E-state index contributed by atoms with van der Waals surface area (Å²) >= 11 is 0. The SMILES string of the molecule is CC(=O)c1ccccc1C(=O)N1C[C@@H]2COc3ccccc3C[C@]2(CO)C1. The molecule has 2 aliphatic heterocycles. The Morgan fingerprint density at radius 3 is 2.59 bits per heavy atom. The van der Waals surface area contributed by atoms with Gasteiger partial charge in [-0.05, 0) is 31.0 Å². The topological polar surface area (TPSA) is 66.8 Å². The van der Waals surface area contributed by atoms with Crippen molar-refractivity contribution < 1.29 is 19.4 Å². The molecule has 4 rings (SSSR count). The molecule has 2 aromatic rings. The highest BCUT2D eigenvalue weighted by atomic mass is 16.5. The summed E-state index contributed by atoms with van der Waals surface area (Å²) < 4.78 is 5.98. The zero-order chi connectivity index (χ0) is 19.0. The second-order valence-electron chi connectivity index (χ2n) is 7.60. The van der Waals surface area contributed by atoms with E-state index in [0.29, 0.717) is 37.2 Å². The number of aliphatic hydroxyl groups is 1. The Hall–Kier alpha value is -2.66. The summed E-state index contributed by atoms with van der Waals surface area (Å²) in [5.74, 6) is 0.624. The monoisotopic (exact) mass is 365 g/mol. The Morgan fingerprint density at radius 2 is 1.85 bits per heavy atom. The summed E-state index contributed by atoms with van der Waals surface area (Å²) in [5, 5.41) is 10.3. The molecule has 0 aliphatic carbocycles. The van der Waals surface area contributed by atoms with E-state index in [-0.39, 0.29) is 24.2 Å². The number of aliphatic hydroxyl groups excluding tert-OH is 1. The first kappa shape index (κ1) is 17.7. The number of fused-ring (bicyclic) bond motifs is 2. The minimum atomic E-state index is -0.423. The van der Waals surface area contributed by atoms with Crippen molar-refractivity contribution in [1.82, 2.24) is 4.90 Å². The highest BCUT2D eigenvalue weighted by molar-refractivity contribution is 6.07. The zero-order valence-electron chi connectivity index (χ0n) is 15.4. The fourth-order valence-corrected chi connectivity index (χ4v) is 4.36. The average Bonchev–Trinajstić information content (AvgIpc) is 2.97. The molecule has 0 spiro atoms. The van der Waals surface area contributed by atoms with Gasteiger partial charge in [-0.15, -0.1) is 0 Å². The number of carbonyl (C=O) groups excluding carboxylic acids is 2. The van der Waals surface area contributed by atoms with Gasteiger partial charge in [0.25, 0.3) is 5.91 Å². The normalized spacial score (nSPS) is 23.8. The lowest BCUT2D eigenvalue weighted by Gasteiger charge is -2.30. The van der Waals surface area contributed by atoms with Gasteiger partial charge in [0.05, 0.1) is 18.8 Å². The highest BCUT2D eigenvalue weighted by Gasteiger charge is 2.49. The molecule has 27 heavy (non-hydrogen) atoms. The summed E-state index contributed by atoms with van der Waals surface area (Å²) in [4.78, 5) is 26.8. The van der Waals surface area contributed by atoms with Gasteiger partial charge < -0.3 is 14.7 Å². The molecule has 1 amide bonds. The van der Waals surface area contributed by atoms with E-state index >= 15 is 0 Å². The van der Waals surface area contributed by atoms with Crippen LogP contribution in [0.2, 0.25) is 0 Å². The van der Waals surface area contributed by atoms with Crippen LogP contribution >= 0.6 is 0 Å². The van der Waals surface area contributed by atoms with Crippen molar-refractivity contribution in [1.29, 1.82) is 0 Å². The zero-order valence-corrected chi connectivity index (χ0v) is 15.4. The van der Waals surface area contributed by atoms with Gasteiger partial charge >= 0.3 is 0 Å². The Labute approximate surface area is 158 Å². The van der Waals surface area contributed by atoms with Crippen LogP contribution in [-0.2, 0) is 6.42 Å². The van der Waals surface area contributed by atoms with Gasteiger partial charge in [-0.25, -0.2) is 0 Å². The van der Waals surface area contributed by atoms with Gasteiger partial charge in [0.2, 0.25) is 0 Å². The van der Waals surface area contributed by atoms with Crippen LogP contribution in [-0.4, -0.2) is 48.0 Å². The lowest BCUT2D eigenvalue weighted by atomic mass is 9.75. The quantitative estimate of drug-likeness (QED) is 0.849. The Balaban J connectivity index is 1.64. The molecular weight excluding hydrogens is 342 g/mol. The maximum absolute atomic E-state index is 13.2. The number of benzene rings is 2. The molecule has 2 aliphatic rings. The number of nitrogens with zero attached hydrogens (tertiary/aromatic N) is 1. The number of rotatable bonds is 3. The predicted octanol–water partition coefficient (Wildman–Crippen LogP) is 2.58. The smallest absolute Gasteiger partial charge is 0.254 e. The predicted molar refractivity (Wildman–Crippen MR) is 101 cm³/mol. The van der Waals surface area contributed by atoms with E-state index in [1.807, 2.05) is 24.3 Å². The van der Waals surface area contributed by atoms with Crippen LogP contribution in [0, 0.1) is 11.3 Å². The minimum Gasteiger partial charge on any atom is -0.493 e. The minimum absolute atomic E-state index is 0.00645. The third-order valence-electron chi connectivity index (χ3n) is 5.91. The van der Waals surface area contributed by atoms with Crippen LogP contribution < -0.4 is 4.74 Å². The molecule has 0 saturated carbocycles. The van der Waals surface area contributed by atoms with Gasteiger partial charge in [-0.2, -0.15) is 0 Å². The summed E-state index contributed by atoms with van der Waals surface area (Å²) in [6.45, 7) is 2.90. The number of carbonyl (C=O) groups is 2. The lowest BCUT2D eigenvalue weighted by molar-refractivity contribution is 0.0692. The van der Waals surface area contributed by atoms with E-state index in [4.69, 9.17) is 4.74 Å². The van der Waals surface area contributed by atoms with Crippen LogP contribution in [0.15, 0.2) is 48.5 Å². The van der Waals surface area contributed by atoms with Crippen molar-refractivity contribution in [2.45, 2.75) is 13.3 Å². The van der Waals surface area contributed by atoms with E-state index in [1.165, 1.54) is 6.92 Å². The molecule has 2 aromatic carbocycles. The largest absolute Gasteiger partial charge is 0.493 e. The second kappa shape index (κ2) is 6.82. The Bertz CT molecular complexity index is 893. The van der Waals surface area contributed by atoms with E-state index in [9.17, 15) is 14.7 Å². The molecular formula is C22H23NO4. The first-order valence-corrected chi connectivity index (χ1v) is 9.25. The van der Waals surface area contributed by atoms with Crippen molar-refractivity contribution in [3.63, 3.8) is 0 Å². The number of ether oxygens (including phenoxy) is 1. The van der Waals surface area contributed by atoms with Crippen LogP contribution in [0.5, 0.6) is 5.75 Å². The molecule has 140 valence electrons. The van der Waals surface area contributed by atoms with Crippen LogP contribution in [0.4, 0.5) is 0 Å². The first-order chi connectivity index (χ1) is 13.0. The third kappa shape index (κ3) is 3.02. The summed E-state index contributed by atoms with van der Waals surface area (Å²) in [7, 11) is 0. The van der Waals surface area contributed by atoms with Gasteiger partial charge in [0.1, 0.15) is 5.75 Å². The highest BCUT2D eigenvalue weighted by Crippen LogP contribution is 2.43. The maximum atomic E-state index is 13.2. The number of hydrogen-bond acceptors (Lipinski definition) is 4. The van der Waals surface area contributed by atoms with Gasteiger partial charge in [-0.1, -0.05) is 36.4 Å². The number of para-hydroxylation sites is 1. The number of Topliss-reactive ketones (excluding diaryl/α,β-unsaturated/α-hetero) is 1. The van der Waals surface area contributed by atoms with Crippen molar-refractivity contribution in [2.24, 2.45) is 11.3 Å². The van der Waals surface area contributed by atoms with E-state index in [2.05, 4.69) is 0 Å². The van der Waals surface area contributed by atoms with E-state index in [1.54, 1.807) is 29.2 Å². The molecule has 1 saturated heterocycles. The standard InChI is InChI=1S/C22H23NO4/c1-15(25)18-7-3-4-8-19(18)21(26)23-11-17-12-27-20-9-5-2-6-16(20)10-22(17,13-23)14-24/h2-9,17,24H,10-14H2,1H3/t17-,22-/m1/s1. The van der Waals surface area contributed by atoms with Crippen molar-refractivity contribution >= 4 is 11.7 Å². The molecule has 1 N–H and O–H groups in total. The molecule has 5 nitrogen and oxygen atoms in total. The summed E-state index contributed by atoms with van der Waals surface area (Å²) in [5.41, 5.74) is 1.51. The van der Waals surface area contributed by atoms with E-state index in [0.717, 1.165) is 11.3 Å². The maximum Gasteiger partial charge on any atom is 0.254 e. The fraction of sp³-hybridized carbons (Fsp3) is 0.364. The van der Waals surface area contributed by atoms with E-state index < -0.39 is 5.41 Å². The van der Waals surface area contributed by atoms with Crippen LogP contribution in [0.1, 0.15) is 33.2 Å². The number of ketones is 1. The Morgan fingerprint density at radius 1 is 1.15 bits per heavy atom. The molecule has 1 fully saturated rings. The van der Waals surface area contributed by atoms with Crippen LogP contribution in [0.25, 0.3) is 0 Å². The number of likely N-dealkylation sites (tertiary alicyclic amines) is 1. The Kier molecular flexibility index (Phi) is 4.48. The van der Waals surface area contributed by atoms with Crippen molar-refractivity contribution in [3.8, 4) is 5.75 Å². The lowest BCUT2D eigenvalue weighted by Crippen LogP contribution is -2.38. The van der Waals surface area contributed by atoms with Gasteiger partial charge in [0.15, 0.2) is 5.78 Å². The average molecular weight is 365 g/mol. The molecule has 5 heteroatoms. The molecule has 0 radical (unpaired) electrons. The summed E-state index contributed by atoms with van der Waals surface area (Å²) in [6.07, 6.45) is 0.669. The third-order valence-corrected chi connectivity index (χ3v) is 5.91. The molecule has 0 aromatic heterocycles. The fourth-order valence-electron chi connectivity index (χ4n) is 4.36. The summed E-state index contributed by atoms with van der Waals surface area (Å²) in [6, 6.07) is 14.8. The molecule has 2 heterocycles. The van der Waals surface area contributed by atoms with Crippen molar-refractivity contribution in [3.05, 3.63) is 65.2 Å². The molecule has 0 unspecified atom stereocenters.